The number of thiazole rings is 1. The number of anilines is 1. The molecule has 2 saturated heterocycles. The second-order valence-corrected chi connectivity index (χ2v) is 9.77. The number of pyridine rings is 1. The van der Waals surface area contributed by atoms with Gasteiger partial charge in [0.1, 0.15) is 0 Å². The van der Waals surface area contributed by atoms with E-state index in [1.165, 1.54) is 11.3 Å². The van der Waals surface area contributed by atoms with Gasteiger partial charge in [0, 0.05) is 24.3 Å². The maximum atomic E-state index is 12.8. The number of likely N-dealkylation sites (tertiary alicyclic amines) is 1. The van der Waals surface area contributed by atoms with Crippen LogP contribution in [0.15, 0.2) is 36.4 Å². The molecule has 168 valence electrons. The summed E-state index contributed by atoms with van der Waals surface area (Å²) < 4.78 is 5.28. The molecule has 2 fully saturated rings. The molecule has 9 heteroatoms. The lowest BCUT2D eigenvalue weighted by Gasteiger charge is -2.54. The van der Waals surface area contributed by atoms with Crippen LogP contribution in [-0.4, -0.2) is 52.3 Å². The van der Waals surface area contributed by atoms with Crippen molar-refractivity contribution in [1.82, 2.24) is 14.9 Å². The van der Waals surface area contributed by atoms with Crippen LogP contribution >= 0.6 is 11.3 Å². The molecule has 33 heavy (non-hydrogen) atoms. The van der Waals surface area contributed by atoms with E-state index in [1.54, 1.807) is 24.0 Å². The number of aliphatic hydroxyl groups is 1. The van der Waals surface area contributed by atoms with E-state index >= 15 is 0 Å². The Morgan fingerprint density at radius 3 is 2.73 bits per heavy atom. The normalized spacial score (nSPS) is 17.1. The summed E-state index contributed by atoms with van der Waals surface area (Å²) in [5.74, 6) is 0. The third-order valence-corrected chi connectivity index (χ3v) is 6.95. The van der Waals surface area contributed by atoms with Crippen molar-refractivity contribution in [2.45, 2.75) is 20.0 Å². The number of aryl methyl sites for hydroxylation is 1. The second-order valence-electron chi connectivity index (χ2n) is 8.77. The van der Waals surface area contributed by atoms with Gasteiger partial charge < -0.3 is 14.7 Å². The third kappa shape index (κ3) is 4.09. The van der Waals surface area contributed by atoms with Gasteiger partial charge in [-0.2, -0.15) is 5.26 Å². The Kier molecular flexibility index (Phi) is 5.37. The number of hydrogen-bond donors (Lipinski definition) is 2. The number of ether oxygens (including phenoxy) is 1. The molecular formula is C24H23N5O3S. The SMILES string of the molecule is Cc1cc(-c2sc(NC(=O)N3CC4(COC4)C3)nc2-c2cccc(C#N)c2)cc([C@H](C)O)n1. The van der Waals surface area contributed by atoms with Gasteiger partial charge in [-0.15, -0.1) is 0 Å². The first-order valence-corrected chi connectivity index (χ1v) is 11.5. The summed E-state index contributed by atoms with van der Waals surface area (Å²) in [6, 6.07) is 13.0. The lowest BCUT2D eigenvalue weighted by molar-refractivity contribution is -0.174. The maximum Gasteiger partial charge on any atom is 0.323 e. The summed E-state index contributed by atoms with van der Waals surface area (Å²) in [6.07, 6.45) is -0.713. The van der Waals surface area contributed by atoms with Crippen LogP contribution in [0.5, 0.6) is 0 Å². The molecule has 1 atom stereocenters. The summed E-state index contributed by atoms with van der Waals surface area (Å²) in [6.45, 7) is 6.35. The molecule has 2 N–H and O–H groups in total. The number of nitriles is 1. The first-order valence-electron chi connectivity index (χ1n) is 10.7. The lowest BCUT2D eigenvalue weighted by Crippen LogP contribution is -2.67. The van der Waals surface area contributed by atoms with Crippen molar-refractivity contribution in [3.63, 3.8) is 0 Å². The van der Waals surface area contributed by atoms with Crippen LogP contribution < -0.4 is 5.32 Å². The molecule has 0 saturated carbocycles. The molecule has 0 unspecified atom stereocenters. The van der Waals surface area contributed by atoms with Crippen molar-refractivity contribution < 1.29 is 14.6 Å². The summed E-state index contributed by atoms with van der Waals surface area (Å²) in [5, 5.41) is 22.8. The van der Waals surface area contributed by atoms with Gasteiger partial charge in [0.05, 0.1) is 52.6 Å². The number of carbonyl (C=O) groups excluding carboxylic acids is 1. The van der Waals surface area contributed by atoms with Gasteiger partial charge in [-0.05, 0) is 43.7 Å². The maximum absolute atomic E-state index is 12.8. The number of urea groups is 1. The van der Waals surface area contributed by atoms with Gasteiger partial charge in [-0.1, -0.05) is 23.5 Å². The van der Waals surface area contributed by atoms with Crippen molar-refractivity contribution in [3.8, 4) is 27.8 Å². The van der Waals surface area contributed by atoms with Crippen LogP contribution in [-0.2, 0) is 4.74 Å². The topological polar surface area (TPSA) is 111 Å². The van der Waals surface area contributed by atoms with Crippen molar-refractivity contribution >= 4 is 22.5 Å². The molecule has 0 radical (unpaired) electrons. The fourth-order valence-electron chi connectivity index (χ4n) is 4.19. The van der Waals surface area contributed by atoms with Gasteiger partial charge in [-0.25, -0.2) is 9.78 Å². The van der Waals surface area contributed by atoms with E-state index in [0.717, 1.165) is 21.7 Å². The number of benzene rings is 1. The van der Waals surface area contributed by atoms with Crippen LogP contribution in [0.2, 0.25) is 0 Å². The minimum Gasteiger partial charge on any atom is -0.387 e. The van der Waals surface area contributed by atoms with Gasteiger partial charge in [0.15, 0.2) is 5.13 Å². The number of hydrogen-bond acceptors (Lipinski definition) is 7. The zero-order valence-electron chi connectivity index (χ0n) is 18.3. The standard InChI is InChI=1S/C24H23N5O3S/c1-14-6-18(8-19(26-14)15(2)30)21-20(17-5-3-4-16(7-17)9-25)27-22(33-21)28-23(31)29-10-24(11-29)12-32-13-24/h3-8,15,30H,10-13H2,1-2H3,(H,27,28,31)/t15-/m0/s1. The van der Waals surface area contributed by atoms with E-state index in [4.69, 9.17) is 9.72 Å². The molecule has 1 aromatic carbocycles. The zero-order chi connectivity index (χ0) is 23.2. The van der Waals surface area contributed by atoms with E-state index < -0.39 is 6.10 Å². The monoisotopic (exact) mass is 461 g/mol. The van der Waals surface area contributed by atoms with Gasteiger partial charge >= 0.3 is 6.03 Å². The highest BCUT2D eigenvalue weighted by molar-refractivity contribution is 7.19. The van der Waals surface area contributed by atoms with E-state index in [0.29, 0.717) is 48.4 Å². The smallest absolute Gasteiger partial charge is 0.323 e. The summed E-state index contributed by atoms with van der Waals surface area (Å²) in [5.41, 5.74) is 4.30. The van der Waals surface area contributed by atoms with Crippen molar-refractivity contribution in [2.24, 2.45) is 5.41 Å². The molecule has 5 rings (SSSR count). The third-order valence-electron chi connectivity index (χ3n) is 5.93. The quantitative estimate of drug-likeness (QED) is 0.608. The average Bonchev–Trinajstić information content (AvgIpc) is 3.15. The Hall–Kier alpha value is -3.32. The molecule has 4 heterocycles. The highest BCUT2D eigenvalue weighted by atomic mass is 32.1. The van der Waals surface area contributed by atoms with Gasteiger partial charge in [0.2, 0.25) is 0 Å². The van der Waals surface area contributed by atoms with Crippen LogP contribution in [0.4, 0.5) is 9.93 Å². The number of rotatable bonds is 4. The molecule has 3 aromatic rings. The molecule has 0 bridgehead atoms. The largest absolute Gasteiger partial charge is 0.387 e. The molecule has 2 amide bonds. The van der Waals surface area contributed by atoms with E-state index in [-0.39, 0.29) is 11.4 Å². The Balaban J connectivity index is 1.51. The van der Waals surface area contributed by atoms with Crippen LogP contribution in [0.3, 0.4) is 0 Å². The van der Waals surface area contributed by atoms with Gasteiger partial charge in [0.25, 0.3) is 0 Å². The highest BCUT2D eigenvalue weighted by Crippen LogP contribution is 2.41. The van der Waals surface area contributed by atoms with E-state index in [9.17, 15) is 15.2 Å². The number of carbonyl (C=O) groups is 1. The average molecular weight is 462 g/mol. The molecule has 2 aliphatic rings. The fourth-order valence-corrected chi connectivity index (χ4v) is 5.16. The summed E-state index contributed by atoms with van der Waals surface area (Å²) >= 11 is 1.36. The lowest BCUT2D eigenvalue weighted by atomic mass is 9.78. The minimum atomic E-state index is -0.713. The van der Waals surface area contributed by atoms with Crippen molar-refractivity contribution in [1.29, 1.82) is 5.26 Å². The predicted octanol–water partition coefficient (Wildman–Crippen LogP) is 3.97. The van der Waals surface area contributed by atoms with Crippen molar-refractivity contribution in [2.75, 3.05) is 31.6 Å². The van der Waals surface area contributed by atoms with E-state index in [1.807, 2.05) is 31.2 Å². The Morgan fingerprint density at radius 1 is 1.27 bits per heavy atom. The number of aliphatic hydroxyl groups excluding tert-OH is 1. The van der Waals surface area contributed by atoms with Crippen LogP contribution in [0.25, 0.3) is 21.7 Å². The van der Waals surface area contributed by atoms with Crippen LogP contribution in [0, 0.1) is 23.7 Å². The molecule has 0 aliphatic carbocycles. The van der Waals surface area contributed by atoms with E-state index in [2.05, 4.69) is 16.4 Å². The Bertz CT molecular complexity index is 1270. The highest BCUT2D eigenvalue weighted by Gasteiger charge is 2.50. The number of nitrogens with one attached hydrogen (secondary N) is 1. The van der Waals surface area contributed by atoms with Crippen LogP contribution in [0.1, 0.15) is 30.0 Å². The minimum absolute atomic E-state index is 0.139. The second kappa shape index (κ2) is 8.23. The number of nitrogens with zero attached hydrogens (tertiary/aromatic N) is 4. The zero-order valence-corrected chi connectivity index (χ0v) is 19.1. The fraction of sp³-hybridized carbons (Fsp3) is 0.333. The molecule has 2 aliphatic heterocycles. The molecule has 8 nitrogen and oxygen atoms in total. The molecular weight excluding hydrogens is 438 g/mol. The van der Waals surface area contributed by atoms with Gasteiger partial charge in [-0.3, -0.25) is 10.3 Å². The summed E-state index contributed by atoms with van der Waals surface area (Å²) in [7, 11) is 0. The summed E-state index contributed by atoms with van der Waals surface area (Å²) in [4.78, 5) is 24.5. The number of amides is 2. The number of aromatic nitrogens is 2. The first kappa shape index (κ1) is 21.5. The van der Waals surface area contributed by atoms with Crippen molar-refractivity contribution in [3.05, 3.63) is 53.3 Å². The molecule has 2 aromatic heterocycles. The Morgan fingerprint density at radius 2 is 2.06 bits per heavy atom. The Labute approximate surface area is 195 Å². The molecule has 1 spiro atoms. The predicted molar refractivity (Wildman–Crippen MR) is 125 cm³/mol. The first-order chi connectivity index (χ1) is 15.9.